The molecular formula is C17H23N5O3. The van der Waals surface area contributed by atoms with E-state index in [1.54, 1.807) is 19.2 Å². The van der Waals surface area contributed by atoms with Gasteiger partial charge in [-0.05, 0) is 32.9 Å². The monoisotopic (exact) mass is 345 g/mol. The Balaban J connectivity index is 1.52. The highest BCUT2D eigenvalue weighted by atomic mass is 16.5. The highest BCUT2D eigenvalue weighted by Crippen LogP contribution is 2.19. The summed E-state index contributed by atoms with van der Waals surface area (Å²) in [7, 11) is 0. The number of amides is 2. The van der Waals surface area contributed by atoms with Gasteiger partial charge in [0.1, 0.15) is 17.3 Å². The lowest BCUT2D eigenvalue weighted by atomic mass is 10.2. The van der Waals surface area contributed by atoms with Crippen LogP contribution in [0.4, 0.5) is 16.3 Å². The minimum absolute atomic E-state index is 0.175. The van der Waals surface area contributed by atoms with Gasteiger partial charge < -0.3 is 24.8 Å². The Hall–Kier alpha value is -2.61. The van der Waals surface area contributed by atoms with Crippen molar-refractivity contribution in [2.45, 2.75) is 39.5 Å². The average molecular weight is 345 g/mol. The van der Waals surface area contributed by atoms with Crippen molar-refractivity contribution in [3.05, 3.63) is 35.9 Å². The van der Waals surface area contributed by atoms with Crippen molar-refractivity contribution < 1.29 is 14.1 Å². The summed E-state index contributed by atoms with van der Waals surface area (Å²) in [5, 5.41) is 9.30. The molecule has 3 rings (SSSR count). The Morgan fingerprint density at radius 1 is 1.32 bits per heavy atom. The number of aromatic nitrogens is 2. The van der Waals surface area contributed by atoms with Crippen LogP contribution in [0.25, 0.3) is 0 Å². The number of rotatable bonds is 4. The molecule has 1 aliphatic rings. The van der Waals surface area contributed by atoms with E-state index in [4.69, 9.17) is 9.26 Å². The fraction of sp³-hybridized carbons (Fsp3) is 0.471. The average Bonchev–Trinajstić information content (AvgIpc) is 2.98. The summed E-state index contributed by atoms with van der Waals surface area (Å²) >= 11 is 0. The topological polar surface area (TPSA) is 92.5 Å². The van der Waals surface area contributed by atoms with Crippen LogP contribution in [-0.4, -0.2) is 41.5 Å². The number of hydrogen-bond acceptors (Lipinski definition) is 6. The number of carbonyl (C=O) groups excluding carboxylic acids is 1. The van der Waals surface area contributed by atoms with Crippen molar-refractivity contribution in [2.24, 2.45) is 0 Å². The van der Waals surface area contributed by atoms with Crippen LogP contribution in [0.1, 0.15) is 25.3 Å². The number of urea groups is 1. The van der Waals surface area contributed by atoms with Crippen molar-refractivity contribution in [1.82, 2.24) is 15.5 Å². The second kappa shape index (κ2) is 7.52. The fourth-order valence-electron chi connectivity index (χ4n) is 2.86. The van der Waals surface area contributed by atoms with Crippen LogP contribution in [0.15, 0.2) is 28.9 Å². The summed E-state index contributed by atoms with van der Waals surface area (Å²) < 4.78 is 10.7. The third-order valence-corrected chi connectivity index (χ3v) is 3.86. The number of nitrogens with zero attached hydrogens (tertiary/aromatic N) is 3. The van der Waals surface area contributed by atoms with Crippen LogP contribution in [0.5, 0.6) is 0 Å². The van der Waals surface area contributed by atoms with Crippen LogP contribution in [0.3, 0.4) is 0 Å². The van der Waals surface area contributed by atoms with Crippen molar-refractivity contribution in [3.8, 4) is 0 Å². The molecule has 3 heterocycles. The van der Waals surface area contributed by atoms with Gasteiger partial charge in [-0.2, -0.15) is 0 Å². The zero-order valence-corrected chi connectivity index (χ0v) is 14.7. The van der Waals surface area contributed by atoms with Crippen molar-refractivity contribution in [3.63, 3.8) is 0 Å². The minimum Gasteiger partial charge on any atom is -0.372 e. The molecule has 0 spiro atoms. The quantitative estimate of drug-likeness (QED) is 0.883. The predicted octanol–water partition coefficient (Wildman–Crippen LogP) is 2.31. The van der Waals surface area contributed by atoms with Gasteiger partial charge in [-0.1, -0.05) is 5.16 Å². The molecule has 2 aromatic rings. The van der Waals surface area contributed by atoms with Gasteiger partial charge in [-0.3, -0.25) is 0 Å². The molecular weight excluding hydrogens is 322 g/mol. The van der Waals surface area contributed by atoms with Crippen molar-refractivity contribution in [1.29, 1.82) is 0 Å². The molecule has 0 unspecified atom stereocenters. The first-order valence-electron chi connectivity index (χ1n) is 8.33. The number of aryl methyl sites for hydroxylation is 1. The van der Waals surface area contributed by atoms with Crippen molar-refractivity contribution in [2.75, 3.05) is 23.3 Å². The highest BCUT2D eigenvalue weighted by Gasteiger charge is 2.23. The fourth-order valence-corrected chi connectivity index (χ4v) is 2.86. The SMILES string of the molecule is Cc1cc(CNC(=O)Nc2ccc(N3C[C@@H](C)O[C@@H](C)C3)nc2)no1. The molecule has 0 radical (unpaired) electrons. The summed E-state index contributed by atoms with van der Waals surface area (Å²) in [6.07, 6.45) is 2.00. The number of carbonyl (C=O) groups is 1. The number of nitrogens with one attached hydrogen (secondary N) is 2. The van der Waals surface area contributed by atoms with Crippen LogP contribution in [-0.2, 0) is 11.3 Å². The standard InChI is InChI=1S/C17H23N5O3/c1-11-6-15(21-25-11)8-19-17(23)20-14-4-5-16(18-7-14)22-9-12(2)24-13(3)10-22/h4-7,12-13H,8-10H2,1-3H3,(H2,19,20,23)/t12-,13+. The normalized spacial score (nSPS) is 20.4. The molecule has 1 aliphatic heterocycles. The van der Waals surface area contributed by atoms with E-state index in [1.807, 2.05) is 12.1 Å². The molecule has 2 atom stereocenters. The van der Waals surface area contributed by atoms with Gasteiger partial charge in [-0.15, -0.1) is 0 Å². The van der Waals surface area contributed by atoms with Crippen molar-refractivity contribution >= 4 is 17.5 Å². The summed E-state index contributed by atoms with van der Waals surface area (Å²) in [4.78, 5) is 18.6. The molecule has 2 amide bonds. The number of morpholine rings is 1. The maximum atomic E-state index is 11.9. The lowest BCUT2D eigenvalue weighted by Crippen LogP contribution is -2.45. The van der Waals surface area contributed by atoms with E-state index in [1.165, 1.54) is 0 Å². The highest BCUT2D eigenvalue weighted by molar-refractivity contribution is 5.89. The molecule has 1 saturated heterocycles. The Bertz CT molecular complexity index is 705. The Morgan fingerprint density at radius 3 is 2.68 bits per heavy atom. The molecule has 8 nitrogen and oxygen atoms in total. The minimum atomic E-state index is -0.316. The van der Waals surface area contributed by atoms with E-state index in [0.717, 1.165) is 18.9 Å². The number of pyridine rings is 1. The van der Waals surface area contributed by atoms with Gasteiger partial charge in [0.25, 0.3) is 0 Å². The Morgan fingerprint density at radius 2 is 2.08 bits per heavy atom. The first kappa shape index (κ1) is 17.2. The van der Waals surface area contributed by atoms with Gasteiger partial charge >= 0.3 is 6.03 Å². The third kappa shape index (κ3) is 4.69. The first-order valence-corrected chi connectivity index (χ1v) is 8.33. The van der Waals surface area contributed by atoms with E-state index >= 15 is 0 Å². The molecule has 0 aliphatic carbocycles. The molecule has 1 fully saturated rings. The Kier molecular flexibility index (Phi) is 5.18. The largest absolute Gasteiger partial charge is 0.372 e. The van der Waals surface area contributed by atoms with E-state index in [2.05, 4.69) is 39.5 Å². The second-order valence-corrected chi connectivity index (χ2v) is 6.30. The second-order valence-electron chi connectivity index (χ2n) is 6.30. The van der Waals surface area contributed by atoms with Crippen LogP contribution in [0.2, 0.25) is 0 Å². The Labute approximate surface area is 146 Å². The molecule has 0 bridgehead atoms. The van der Waals surface area contributed by atoms with E-state index in [-0.39, 0.29) is 18.2 Å². The van der Waals surface area contributed by atoms with E-state index in [9.17, 15) is 4.79 Å². The van der Waals surface area contributed by atoms with Crippen LogP contribution >= 0.6 is 0 Å². The molecule has 134 valence electrons. The lowest BCUT2D eigenvalue weighted by Gasteiger charge is -2.36. The smallest absolute Gasteiger partial charge is 0.319 e. The molecule has 0 saturated carbocycles. The summed E-state index contributed by atoms with van der Waals surface area (Å²) in [6, 6.07) is 5.21. The lowest BCUT2D eigenvalue weighted by molar-refractivity contribution is -0.00545. The number of ether oxygens (including phenoxy) is 1. The van der Waals surface area contributed by atoms with Crippen LogP contribution in [0, 0.1) is 6.92 Å². The molecule has 25 heavy (non-hydrogen) atoms. The zero-order valence-electron chi connectivity index (χ0n) is 14.7. The molecule has 2 N–H and O–H groups in total. The summed E-state index contributed by atoms with van der Waals surface area (Å²) in [6.45, 7) is 7.83. The summed E-state index contributed by atoms with van der Waals surface area (Å²) in [5.41, 5.74) is 1.31. The predicted molar refractivity (Wildman–Crippen MR) is 93.6 cm³/mol. The van der Waals surface area contributed by atoms with Gasteiger partial charge in [0.2, 0.25) is 0 Å². The molecule has 8 heteroatoms. The third-order valence-electron chi connectivity index (χ3n) is 3.86. The van der Waals surface area contributed by atoms with Gasteiger partial charge in [0.15, 0.2) is 0 Å². The van der Waals surface area contributed by atoms with Gasteiger partial charge in [0, 0.05) is 19.2 Å². The maximum absolute atomic E-state index is 11.9. The van der Waals surface area contributed by atoms with Crippen LogP contribution < -0.4 is 15.5 Å². The van der Waals surface area contributed by atoms with Gasteiger partial charge in [-0.25, -0.2) is 9.78 Å². The molecule has 2 aromatic heterocycles. The molecule has 0 aromatic carbocycles. The van der Waals surface area contributed by atoms with Gasteiger partial charge in [0.05, 0.1) is 30.6 Å². The maximum Gasteiger partial charge on any atom is 0.319 e. The number of anilines is 2. The van der Waals surface area contributed by atoms with E-state index < -0.39 is 0 Å². The first-order chi connectivity index (χ1) is 12.0. The van der Waals surface area contributed by atoms with E-state index in [0.29, 0.717) is 23.7 Å². The summed E-state index contributed by atoms with van der Waals surface area (Å²) in [5.74, 6) is 1.59. The zero-order chi connectivity index (χ0) is 17.8. The number of hydrogen-bond donors (Lipinski definition) is 2.